The summed E-state index contributed by atoms with van der Waals surface area (Å²) in [6.07, 6.45) is 1.84. The first kappa shape index (κ1) is 10.0. The van der Waals surface area contributed by atoms with Gasteiger partial charge in [-0.05, 0) is 35.4 Å². The van der Waals surface area contributed by atoms with Crippen LogP contribution in [-0.4, -0.2) is 4.98 Å². The first-order valence-corrected chi connectivity index (χ1v) is 5.76. The molecule has 0 aliphatic rings. The van der Waals surface area contributed by atoms with E-state index in [-0.39, 0.29) is 0 Å². The third-order valence-corrected chi connectivity index (χ3v) is 3.08. The average Bonchev–Trinajstić information content (AvgIpc) is 2.41. The second-order valence-electron chi connectivity index (χ2n) is 4.19. The van der Waals surface area contributed by atoms with Crippen molar-refractivity contribution in [1.82, 2.24) is 4.98 Å². The zero-order chi connectivity index (χ0) is 11.7. The van der Waals surface area contributed by atoms with E-state index in [9.17, 15) is 0 Å². The van der Waals surface area contributed by atoms with E-state index in [1.54, 1.807) is 0 Å². The van der Waals surface area contributed by atoms with Crippen molar-refractivity contribution in [2.75, 3.05) is 0 Å². The number of hydrogen-bond donors (Lipinski definition) is 0. The van der Waals surface area contributed by atoms with Gasteiger partial charge in [0.15, 0.2) is 0 Å². The second kappa shape index (κ2) is 4.02. The van der Waals surface area contributed by atoms with Gasteiger partial charge in [-0.15, -0.1) is 0 Å². The monoisotopic (exact) mass is 219 g/mol. The van der Waals surface area contributed by atoms with Crippen LogP contribution in [0.5, 0.6) is 0 Å². The molecule has 0 radical (unpaired) electrons. The fourth-order valence-corrected chi connectivity index (χ4v) is 2.20. The molecule has 0 N–H and O–H groups in total. The number of pyridine rings is 1. The molecule has 3 aromatic rings. The van der Waals surface area contributed by atoms with Gasteiger partial charge in [0.05, 0.1) is 5.69 Å². The third-order valence-electron chi connectivity index (χ3n) is 3.08. The van der Waals surface area contributed by atoms with E-state index in [0.29, 0.717) is 0 Å². The molecular formula is C16H13N. The summed E-state index contributed by atoms with van der Waals surface area (Å²) in [7, 11) is 0. The molecule has 0 amide bonds. The van der Waals surface area contributed by atoms with Crippen molar-refractivity contribution in [2.24, 2.45) is 0 Å². The van der Waals surface area contributed by atoms with E-state index in [4.69, 9.17) is 0 Å². The van der Waals surface area contributed by atoms with Crippen molar-refractivity contribution in [2.45, 2.75) is 6.92 Å². The molecule has 82 valence electrons. The Morgan fingerprint density at radius 1 is 0.765 bits per heavy atom. The minimum absolute atomic E-state index is 1.03. The zero-order valence-electron chi connectivity index (χ0n) is 9.72. The normalized spacial score (nSPS) is 10.6. The highest BCUT2D eigenvalue weighted by Crippen LogP contribution is 2.28. The summed E-state index contributed by atoms with van der Waals surface area (Å²) >= 11 is 0. The highest BCUT2D eigenvalue weighted by Gasteiger charge is 2.05. The molecule has 0 unspecified atom stereocenters. The highest BCUT2D eigenvalue weighted by molar-refractivity contribution is 5.97. The van der Waals surface area contributed by atoms with Crippen LogP contribution in [0.25, 0.3) is 22.0 Å². The molecular weight excluding hydrogens is 206 g/mol. The van der Waals surface area contributed by atoms with Crippen molar-refractivity contribution >= 4 is 10.8 Å². The fraction of sp³-hybridized carbons (Fsp3) is 0.0625. The summed E-state index contributed by atoms with van der Waals surface area (Å²) in [5, 5.41) is 2.57. The smallest absolute Gasteiger partial charge is 0.0708 e. The average molecular weight is 219 g/mol. The molecule has 1 heterocycles. The lowest BCUT2D eigenvalue weighted by Gasteiger charge is -2.08. The Balaban J connectivity index is 2.35. The fourth-order valence-electron chi connectivity index (χ4n) is 2.20. The molecule has 1 nitrogen and oxygen atoms in total. The van der Waals surface area contributed by atoms with Crippen molar-refractivity contribution < 1.29 is 0 Å². The maximum Gasteiger partial charge on any atom is 0.0708 e. The third kappa shape index (κ3) is 1.70. The van der Waals surface area contributed by atoms with Crippen molar-refractivity contribution in [3.05, 3.63) is 66.4 Å². The van der Waals surface area contributed by atoms with Gasteiger partial charge < -0.3 is 0 Å². The summed E-state index contributed by atoms with van der Waals surface area (Å²) in [6, 6.07) is 18.8. The standard InChI is InChI=1S/C16H13N/c1-12-9-10-15(16-8-4-5-11-17-16)14-7-3-2-6-13(12)14/h2-11H,1H3. The van der Waals surface area contributed by atoms with E-state index >= 15 is 0 Å². The largest absolute Gasteiger partial charge is 0.256 e. The number of nitrogens with zero attached hydrogens (tertiary/aromatic N) is 1. The van der Waals surface area contributed by atoms with Gasteiger partial charge in [0.1, 0.15) is 0 Å². The lowest BCUT2D eigenvalue weighted by molar-refractivity contribution is 1.33. The maximum atomic E-state index is 4.43. The molecule has 17 heavy (non-hydrogen) atoms. The number of aryl methyl sites for hydroxylation is 1. The number of hydrogen-bond acceptors (Lipinski definition) is 1. The quantitative estimate of drug-likeness (QED) is 0.597. The van der Waals surface area contributed by atoms with Gasteiger partial charge >= 0.3 is 0 Å². The van der Waals surface area contributed by atoms with Gasteiger partial charge in [-0.3, -0.25) is 4.98 Å². The molecule has 0 fully saturated rings. The van der Waals surface area contributed by atoms with E-state index in [1.807, 2.05) is 18.3 Å². The first-order valence-electron chi connectivity index (χ1n) is 5.76. The first-order chi connectivity index (χ1) is 8.36. The number of aromatic nitrogens is 1. The summed E-state index contributed by atoms with van der Waals surface area (Å²) in [5.41, 5.74) is 3.54. The van der Waals surface area contributed by atoms with Crippen LogP contribution in [0.3, 0.4) is 0 Å². The highest BCUT2D eigenvalue weighted by atomic mass is 14.7. The van der Waals surface area contributed by atoms with Crippen LogP contribution in [0.15, 0.2) is 60.8 Å². The molecule has 0 atom stereocenters. The van der Waals surface area contributed by atoms with Crippen molar-refractivity contribution in [3.8, 4) is 11.3 Å². The van der Waals surface area contributed by atoms with Gasteiger partial charge in [0.2, 0.25) is 0 Å². The molecule has 0 aliphatic heterocycles. The SMILES string of the molecule is Cc1ccc(-c2ccccn2)c2ccccc12. The minimum atomic E-state index is 1.03. The molecule has 0 saturated carbocycles. The maximum absolute atomic E-state index is 4.43. The Kier molecular flexibility index (Phi) is 2.37. The Morgan fingerprint density at radius 3 is 2.29 bits per heavy atom. The van der Waals surface area contributed by atoms with Gasteiger partial charge in [-0.1, -0.05) is 42.5 Å². The second-order valence-corrected chi connectivity index (χ2v) is 4.19. The van der Waals surface area contributed by atoms with Crippen LogP contribution in [0.1, 0.15) is 5.56 Å². The number of fused-ring (bicyclic) bond motifs is 1. The molecule has 0 bridgehead atoms. The Morgan fingerprint density at radius 2 is 1.53 bits per heavy atom. The van der Waals surface area contributed by atoms with E-state index in [0.717, 1.165) is 5.69 Å². The molecule has 0 spiro atoms. The van der Waals surface area contributed by atoms with Crippen molar-refractivity contribution in [3.63, 3.8) is 0 Å². The topological polar surface area (TPSA) is 12.9 Å². The lowest BCUT2D eigenvalue weighted by atomic mass is 9.98. The number of rotatable bonds is 1. The lowest BCUT2D eigenvalue weighted by Crippen LogP contribution is -1.86. The van der Waals surface area contributed by atoms with Crippen LogP contribution < -0.4 is 0 Å². The minimum Gasteiger partial charge on any atom is -0.256 e. The number of benzene rings is 2. The Bertz CT molecular complexity index is 657. The van der Waals surface area contributed by atoms with Gasteiger partial charge in [0, 0.05) is 11.8 Å². The predicted octanol–water partition coefficient (Wildman–Crippen LogP) is 4.21. The Labute approximate surface area is 101 Å². The van der Waals surface area contributed by atoms with Gasteiger partial charge in [0.25, 0.3) is 0 Å². The molecule has 2 aromatic carbocycles. The Hall–Kier alpha value is -2.15. The summed E-state index contributed by atoms with van der Waals surface area (Å²) in [5.74, 6) is 0. The molecule has 1 heteroatoms. The van der Waals surface area contributed by atoms with Crippen LogP contribution in [0, 0.1) is 6.92 Å². The van der Waals surface area contributed by atoms with Gasteiger partial charge in [-0.2, -0.15) is 0 Å². The summed E-state index contributed by atoms with van der Waals surface area (Å²) in [6.45, 7) is 2.14. The summed E-state index contributed by atoms with van der Waals surface area (Å²) < 4.78 is 0. The van der Waals surface area contributed by atoms with E-state index in [1.165, 1.54) is 21.9 Å². The van der Waals surface area contributed by atoms with Crippen LogP contribution in [0.2, 0.25) is 0 Å². The van der Waals surface area contributed by atoms with Crippen LogP contribution >= 0.6 is 0 Å². The van der Waals surface area contributed by atoms with Crippen LogP contribution in [0.4, 0.5) is 0 Å². The molecule has 3 rings (SSSR count). The van der Waals surface area contributed by atoms with Crippen LogP contribution in [-0.2, 0) is 0 Å². The molecule has 0 saturated heterocycles. The molecule has 0 aliphatic carbocycles. The van der Waals surface area contributed by atoms with Gasteiger partial charge in [-0.25, -0.2) is 0 Å². The predicted molar refractivity (Wildman–Crippen MR) is 71.9 cm³/mol. The van der Waals surface area contributed by atoms with Crippen molar-refractivity contribution in [1.29, 1.82) is 0 Å². The van der Waals surface area contributed by atoms with E-state index in [2.05, 4.69) is 54.4 Å². The summed E-state index contributed by atoms with van der Waals surface area (Å²) in [4.78, 5) is 4.43. The molecule has 1 aromatic heterocycles. The van der Waals surface area contributed by atoms with E-state index < -0.39 is 0 Å². The zero-order valence-corrected chi connectivity index (χ0v) is 9.72.